The summed E-state index contributed by atoms with van der Waals surface area (Å²) in [5.74, 6) is 4.99. The average Bonchev–Trinajstić information content (AvgIpc) is 1.01. The molecule has 0 fully saturated rings. The third kappa shape index (κ3) is 42.2. The first-order valence-corrected chi connectivity index (χ1v) is 40.6. The van der Waals surface area contributed by atoms with Gasteiger partial charge < -0.3 is 9.11 Å². The van der Waals surface area contributed by atoms with Crippen LogP contribution in [0.1, 0.15) is 398 Å². The zero-order valence-corrected chi connectivity index (χ0v) is 63.8. The van der Waals surface area contributed by atoms with Gasteiger partial charge in [0.2, 0.25) is 0 Å². The predicted molar refractivity (Wildman–Crippen MR) is 375 cm³/mol. The van der Waals surface area contributed by atoms with E-state index in [-0.39, 0.29) is 21.6 Å². The minimum atomic E-state index is -4.53. The molecule has 0 saturated heterocycles. The van der Waals surface area contributed by atoms with Crippen LogP contribution in [0.5, 0.6) is 0 Å². The van der Waals surface area contributed by atoms with Crippen molar-refractivity contribution in [2.45, 2.75) is 402 Å². The molecule has 2 rings (SSSR count). The van der Waals surface area contributed by atoms with Crippen LogP contribution >= 0.6 is 0 Å². The Morgan fingerprint density at radius 2 is 0.420 bits per heavy atom. The molecule has 2 aromatic rings. The van der Waals surface area contributed by atoms with E-state index in [9.17, 15) is 25.9 Å². The van der Waals surface area contributed by atoms with E-state index in [1.54, 1.807) is 12.1 Å². The van der Waals surface area contributed by atoms with Gasteiger partial charge in [-0.3, -0.25) is 0 Å². The molecule has 7 nitrogen and oxygen atoms in total. The first-order valence-electron chi connectivity index (χ1n) is 37.2. The summed E-state index contributed by atoms with van der Waals surface area (Å²) >= 11 is 0.750. The molecule has 512 valence electrons. The molecule has 0 aliphatic carbocycles. The van der Waals surface area contributed by atoms with Gasteiger partial charge in [-0.05, 0) is 181 Å². The summed E-state index contributed by atoms with van der Waals surface area (Å²) < 4.78 is 84.4. The van der Waals surface area contributed by atoms with Crippen LogP contribution in [0.2, 0.25) is 0 Å². The van der Waals surface area contributed by atoms with E-state index < -0.39 is 20.2 Å². The van der Waals surface area contributed by atoms with Gasteiger partial charge in [0.25, 0.3) is 0 Å². The molecular weight excluding hydrogens is 1160 g/mol. The van der Waals surface area contributed by atoms with Crippen molar-refractivity contribution in [2.75, 3.05) is 0 Å². The number of hydrogen-bond acceptors (Lipinski definition) is 7. The molecule has 10 heteroatoms. The van der Waals surface area contributed by atoms with Gasteiger partial charge in [0.05, 0.1) is 9.79 Å². The molecule has 0 heterocycles. The molecule has 0 spiro atoms. The summed E-state index contributed by atoms with van der Waals surface area (Å²) in [7, 11) is -9.07. The molecule has 0 saturated carbocycles. The fraction of sp³-hybridized carbons (Fsp3) is 0.846. The van der Waals surface area contributed by atoms with Crippen LogP contribution in [0.3, 0.4) is 0 Å². The first kappa shape index (κ1) is 86.8. The van der Waals surface area contributed by atoms with Crippen molar-refractivity contribution in [1.82, 2.24) is 0 Å². The van der Waals surface area contributed by atoms with Crippen molar-refractivity contribution in [3.05, 3.63) is 56.6 Å². The zero-order chi connectivity index (χ0) is 66.5. The van der Waals surface area contributed by atoms with Crippen LogP contribution < -0.4 is 0 Å². The van der Waals surface area contributed by atoms with E-state index in [0.717, 1.165) is 155 Å². The summed E-state index contributed by atoms with van der Waals surface area (Å²) in [6.45, 7) is 36.1. The second kappa shape index (κ2) is 52.1. The number of hydrogen-bond donors (Lipinski definition) is 0. The number of rotatable bonds is 52. The Balaban J connectivity index is 0.00000167. The van der Waals surface area contributed by atoms with Gasteiger partial charge in [-0.1, -0.05) is 303 Å². The number of benzene rings is 2. The van der Waals surface area contributed by atoms with Crippen molar-refractivity contribution in [3.8, 4) is 0 Å². The molecule has 0 atom stereocenters. The Morgan fingerprint density at radius 1 is 0.261 bits per heavy atom. The van der Waals surface area contributed by atoms with Crippen LogP contribution in [0.15, 0.2) is 21.9 Å². The molecular formula is C78H142O7S2Ti. The van der Waals surface area contributed by atoms with Gasteiger partial charge in [0.15, 0.2) is 0 Å². The normalized spacial score (nSPS) is 12.3. The van der Waals surface area contributed by atoms with Crippen molar-refractivity contribution in [1.29, 1.82) is 0 Å². The molecule has 0 N–H and O–H groups in total. The van der Waals surface area contributed by atoms with Crippen molar-refractivity contribution in [2.24, 2.45) is 35.5 Å². The monoisotopic (exact) mass is 1300 g/mol. The summed E-state index contributed by atoms with van der Waals surface area (Å²) in [6.07, 6.45) is 49.1. The fourth-order valence-corrected chi connectivity index (χ4v) is 14.8. The van der Waals surface area contributed by atoms with Crippen LogP contribution in [0.25, 0.3) is 0 Å². The first-order chi connectivity index (χ1) is 41.7. The molecule has 0 radical (unpaired) electrons. The molecule has 2 aromatic carbocycles. The standard InChI is InChI=1S/2C39H72O3S.O.Ti/c2*1-31(2)24-18-12-9-15-21-27-35-36(28-22-16-10-13-19-25-32(3)4)38(34(7)8)30-39(43(40,41)42)37(35)29-23-17-11-14-20-26-33(5)6;;/h2*30-34H,9-29H2,1-8H3,(H,40,41,42);;/q;;;+2/p-2. The molecule has 0 aliphatic rings. The van der Waals surface area contributed by atoms with Gasteiger partial charge >= 0.3 is 23.7 Å². The average molecular weight is 1300 g/mol. The molecule has 0 bridgehead atoms. The van der Waals surface area contributed by atoms with E-state index in [2.05, 4.69) is 111 Å². The van der Waals surface area contributed by atoms with Crippen molar-refractivity contribution >= 4 is 20.2 Å². The van der Waals surface area contributed by atoms with Gasteiger partial charge in [-0.25, -0.2) is 16.8 Å². The van der Waals surface area contributed by atoms with Crippen LogP contribution in [0, 0.1) is 35.5 Å². The molecule has 0 amide bonds. The molecule has 88 heavy (non-hydrogen) atoms. The van der Waals surface area contributed by atoms with E-state index in [0.29, 0.717) is 12.8 Å². The summed E-state index contributed by atoms with van der Waals surface area (Å²) in [6, 6.07) is 3.58. The Labute approximate surface area is 560 Å². The minimum absolute atomic E-state index is 0.0837. The topological polar surface area (TPSA) is 131 Å². The van der Waals surface area contributed by atoms with Gasteiger partial charge in [-0.15, -0.1) is 0 Å². The van der Waals surface area contributed by atoms with Gasteiger partial charge in [-0.2, -0.15) is 0 Å². The molecule has 0 unspecified atom stereocenters. The van der Waals surface area contributed by atoms with Crippen molar-refractivity contribution < 1.29 is 49.7 Å². The quantitative estimate of drug-likeness (QED) is 0.0366. The Hall–Kier alpha value is -1.23. The summed E-state index contributed by atoms with van der Waals surface area (Å²) in [5, 5.41) is 0. The van der Waals surface area contributed by atoms with Crippen molar-refractivity contribution in [3.63, 3.8) is 0 Å². The second-order valence-electron chi connectivity index (χ2n) is 30.2. The Kier molecular flexibility index (Phi) is 51.4. The van der Waals surface area contributed by atoms with Crippen LogP contribution in [-0.4, -0.2) is 25.9 Å². The second-order valence-corrected chi connectivity index (χ2v) is 32.9. The van der Waals surface area contributed by atoms with E-state index in [4.69, 9.17) is 3.32 Å². The number of unbranched alkanes of at least 4 members (excludes halogenated alkanes) is 24. The third-order valence-electron chi connectivity index (χ3n) is 18.4. The fourth-order valence-electron chi connectivity index (χ4n) is 13.2. The van der Waals surface area contributed by atoms with E-state index in [1.807, 2.05) is 0 Å². The summed E-state index contributed by atoms with van der Waals surface area (Å²) in [5.41, 5.74) is 9.12. The maximum absolute atomic E-state index is 12.7. The third-order valence-corrected chi connectivity index (χ3v) is 20.2. The van der Waals surface area contributed by atoms with Crippen LogP contribution in [0.4, 0.5) is 0 Å². The molecule has 0 aliphatic heterocycles. The van der Waals surface area contributed by atoms with Crippen LogP contribution in [-0.2, 0) is 82.5 Å². The SMILES string of the molecule is CC(C)CCCCCCCc1c(C(C)C)cc(S(=O)(=O)[O-])c(CCCCCCCC(C)C)c1CCCCCCCC(C)C.CC(C)CCCCCCCc1c(C(C)C)cc(S(=O)(=O)[O-])c(CCCCCCCC(C)C)c1CCCCCCCC(C)C.[O]=[Ti+2]. The zero-order valence-electron chi connectivity index (χ0n) is 60.6. The molecule has 0 aromatic heterocycles. The van der Waals surface area contributed by atoms with Gasteiger partial charge in [0.1, 0.15) is 20.2 Å². The van der Waals surface area contributed by atoms with E-state index in [1.165, 1.54) is 202 Å². The van der Waals surface area contributed by atoms with Gasteiger partial charge in [0, 0.05) is 0 Å². The Bertz CT molecular complexity index is 2100. The van der Waals surface area contributed by atoms with E-state index >= 15 is 0 Å². The maximum atomic E-state index is 12.7. The predicted octanol–water partition coefficient (Wildman–Crippen LogP) is 24.5. The summed E-state index contributed by atoms with van der Waals surface area (Å²) in [4.78, 5) is 0.167. The Morgan fingerprint density at radius 3 is 0.591 bits per heavy atom.